The Balaban J connectivity index is 1.58. The second kappa shape index (κ2) is 10.8. The number of hydrogen-bond acceptors (Lipinski definition) is 2. The van der Waals surface area contributed by atoms with E-state index < -0.39 is 0 Å². The van der Waals surface area contributed by atoms with Crippen molar-refractivity contribution in [3.63, 3.8) is 0 Å². The van der Waals surface area contributed by atoms with E-state index in [1.165, 1.54) is 71.4 Å². The molecule has 2 heteroatoms. The lowest BCUT2D eigenvalue weighted by molar-refractivity contribution is 0.396. The van der Waals surface area contributed by atoms with Gasteiger partial charge in [0, 0.05) is 37.7 Å². The van der Waals surface area contributed by atoms with Crippen LogP contribution in [0.4, 0.5) is 11.4 Å². The maximum atomic E-state index is 4.61. The first kappa shape index (κ1) is 23.9. The summed E-state index contributed by atoms with van der Waals surface area (Å²) in [4.78, 5) is 4.56. The third-order valence-electron chi connectivity index (χ3n) is 7.09. The van der Waals surface area contributed by atoms with Crippen molar-refractivity contribution in [1.82, 2.24) is 0 Å². The van der Waals surface area contributed by atoms with Crippen molar-refractivity contribution in [1.29, 1.82) is 0 Å². The molecule has 0 radical (unpaired) electrons. The molecule has 4 rings (SSSR count). The Hall–Kier alpha value is -3.26. The molecule has 3 aromatic carbocycles. The number of rotatable bonds is 8. The predicted molar refractivity (Wildman–Crippen MR) is 149 cm³/mol. The molecular formula is C32H38N2. The van der Waals surface area contributed by atoms with Gasteiger partial charge in [-0.05, 0) is 72.2 Å². The Morgan fingerprint density at radius 3 is 2.00 bits per heavy atom. The van der Waals surface area contributed by atoms with E-state index in [4.69, 9.17) is 0 Å². The number of benzene rings is 3. The van der Waals surface area contributed by atoms with Gasteiger partial charge in [-0.25, -0.2) is 0 Å². The molecule has 0 saturated heterocycles. The highest BCUT2D eigenvalue weighted by Gasteiger charge is 2.22. The van der Waals surface area contributed by atoms with Gasteiger partial charge in [-0.15, -0.1) is 0 Å². The SMILES string of the molecule is C=C(C)c1cccc(N(Cc2ccc(-c3ccc(N(C)C)cc3)cc2)C(=C)C2CCCCC2)c1. The molecule has 0 heterocycles. The second-order valence-electron chi connectivity index (χ2n) is 9.88. The maximum absolute atomic E-state index is 4.61. The molecule has 2 nitrogen and oxygen atoms in total. The molecule has 1 saturated carbocycles. The van der Waals surface area contributed by atoms with Gasteiger partial charge in [-0.3, -0.25) is 0 Å². The first-order valence-corrected chi connectivity index (χ1v) is 12.5. The Labute approximate surface area is 206 Å². The summed E-state index contributed by atoms with van der Waals surface area (Å²) in [6, 6.07) is 26.5. The molecule has 0 atom stereocenters. The summed E-state index contributed by atoms with van der Waals surface area (Å²) in [5.41, 5.74) is 9.75. The van der Waals surface area contributed by atoms with Crippen LogP contribution in [0.1, 0.15) is 50.2 Å². The van der Waals surface area contributed by atoms with Crippen LogP contribution in [-0.2, 0) is 6.54 Å². The lowest BCUT2D eigenvalue weighted by Gasteiger charge is -2.34. The van der Waals surface area contributed by atoms with Crippen LogP contribution in [0.5, 0.6) is 0 Å². The molecule has 1 aliphatic rings. The van der Waals surface area contributed by atoms with E-state index in [1.54, 1.807) is 0 Å². The van der Waals surface area contributed by atoms with Crippen molar-refractivity contribution in [2.45, 2.75) is 45.6 Å². The lowest BCUT2D eigenvalue weighted by atomic mass is 9.86. The largest absolute Gasteiger partial charge is 0.378 e. The molecular weight excluding hydrogens is 412 g/mol. The van der Waals surface area contributed by atoms with Crippen LogP contribution in [0.3, 0.4) is 0 Å². The van der Waals surface area contributed by atoms with Crippen LogP contribution in [0.2, 0.25) is 0 Å². The summed E-state index contributed by atoms with van der Waals surface area (Å²) in [5.74, 6) is 0.566. The molecule has 0 amide bonds. The first-order valence-electron chi connectivity index (χ1n) is 12.5. The summed E-state index contributed by atoms with van der Waals surface area (Å²) < 4.78 is 0. The summed E-state index contributed by atoms with van der Waals surface area (Å²) in [6.07, 6.45) is 6.47. The van der Waals surface area contributed by atoms with Crippen molar-refractivity contribution >= 4 is 16.9 Å². The van der Waals surface area contributed by atoms with Crippen molar-refractivity contribution < 1.29 is 0 Å². The Bertz CT molecular complexity index is 1120. The van der Waals surface area contributed by atoms with Crippen LogP contribution >= 0.6 is 0 Å². The Kier molecular flexibility index (Phi) is 7.57. The minimum absolute atomic E-state index is 0.566. The summed E-state index contributed by atoms with van der Waals surface area (Å²) in [5, 5.41) is 0. The zero-order valence-corrected chi connectivity index (χ0v) is 21.1. The van der Waals surface area contributed by atoms with E-state index >= 15 is 0 Å². The van der Waals surface area contributed by atoms with Gasteiger partial charge in [0.25, 0.3) is 0 Å². The fourth-order valence-corrected chi connectivity index (χ4v) is 4.89. The Morgan fingerprint density at radius 2 is 1.41 bits per heavy atom. The third-order valence-corrected chi connectivity index (χ3v) is 7.09. The predicted octanol–water partition coefficient (Wildman–Crippen LogP) is 8.55. The van der Waals surface area contributed by atoms with Crippen LogP contribution in [0.15, 0.2) is 91.7 Å². The number of hydrogen-bond donors (Lipinski definition) is 0. The van der Waals surface area contributed by atoms with E-state index in [-0.39, 0.29) is 0 Å². The molecule has 176 valence electrons. The van der Waals surface area contributed by atoms with Crippen LogP contribution in [-0.4, -0.2) is 14.1 Å². The van der Waals surface area contributed by atoms with Gasteiger partial charge >= 0.3 is 0 Å². The van der Waals surface area contributed by atoms with E-state index in [2.05, 4.69) is 117 Å². The standard InChI is InChI=1S/C32H38N2/c1-24(2)30-12-9-13-32(22-30)34(25(3)27-10-7-6-8-11-27)23-26-14-16-28(17-15-26)29-18-20-31(21-19-29)33(4)5/h9,12-22,27H,1,3,6-8,10-11,23H2,2,4-5H3. The molecule has 0 aromatic heterocycles. The zero-order chi connectivity index (χ0) is 24.1. The minimum atomic E-state index is 0.566. The minimum Gasteiger partial charge on any atom is -0.378 e. The quantitative estimate of drug-likeness (QED) is 0.339. The highest BCUT2D eigenvalue weighted by molar-refractivity contribution is 5.68. The molecule has 0 spiro atoms. The molecule has 0 N–H and O–H groups in total. The first-order chi connectivity index (χ1) is 16.4. The van der Waals surface area contributed by atoms with Gasteiger partial charge in [-0.2, -0.15) is 0 Å². The van der Waals surface area contributed by atoms with Gasteiger partial charge in [0.1, 0.15) is 0 Å². The van der Waals surface area contributed by atoms with Gasteiger partial charge in [0.2, 0.25) is 0 Å². The zero-order valence-electron chi connectivity index (χ0n) is 21.1. The number of anilines is 2. The van der Waals surface area contributed by atoms with Crippen LogP contribution in [0.25, 0.3) is 16.7 Å². The summed E-state index contributed by atoms with van der Waals surface area (Å²) in [7, 11) is 4.14. The van der Waals surface area contributed by atoms with E-state index in [0.717, 1.165) is 12.1 Å². The van der Waals surface area contributed by atoms with Crippen molar-refractivity contribution in [2.24, 2.45) is 5.92 Å². The normalized spacial score (nSPS) is 14.0. The summed E-state index contributed by atoms with van der Waals surface area (Å²) >= 11 is 0. The van der Waals surface area contributed by atoms with Crippen LogP contribution in [0, 0.1) is 5.92 Å². The molecule has 0 bridgehead atoms. The molecule has 1 fully saturated rings. The molecule has 0 aliphatic heterocycles. The lowest BCUT2D eigenvalue weighted by Crippen LogP contribution is -2.27. The monoisotopic (exact) mass is 450 g/mol. The molecule has 3 aromatic rings. The van der Waals surface area contributed by atoms with Gasteiger partial charge in [0.15, 0.2) is 0 Å². The molecule has 0 unspecified atom stereocenters. The number of allylic oxidation sites excluding steroid dienone is 2. The fourth-order valence-electron chi connectivity index (χ4n) is 4.89. The summed E-state index contributed by atoms with van der Waals surface area (Å²) in [6.45, 7) is 11.7. The van der Waals surface area contributed by atoms with Crippen molar-refractivity contribution in [3.05, 3.63) is 103 Å². The van der Waals surface area contributed by atoms with Crippen molar-refractivity contribution in [3.8, 4) is 11.1 Å². The van der Waals surface area contributed by atoms with Gasteiger partial charge < -0.3 is 9.80 Å². The topological polar surface area (TPSA) is 6.48 Å². The fraction of sp³-hybridized carbons (Fsp3) is 0.312. The van der Waals surface area contributed by atoms with Crippen LogP contribution < -0.4 is 9.80 Å². The molecule has 34 heavy (non-hydrogen) atoms. The average molecular weight is 451 g/mol. The smallest absolute Gasteiger partial charge is 0.0478 e. The van der Waals surface area contributed by atoms with Gasteiger partial charge in [0.05, 0.1) is 0 Å². The van der Waals surface area contributed by atoms with E-state index in [9.17, 15) is 0 Å². The molecule has 1 aliphatic carbocycles. The second-order valence-corrected chi connectivity index (χ2v) is 9.88. The number of nitrogens with zero attached hydrogens (tertiary/aromatic N) is 2. The third kappa shape index (κ3) is 5.62. The van der Waals surface area contributed by atoms with Gasteiger partial charge in [-0.1, -0.05) is 86.5 Å². The average Bonchev–Trinajstić information content (AvgIpc) is 2.88. The van der Waals surface area contributed by atoms with E-state index in [1.807, 2.05) is 0 Å². The maximum Gasteiger partial charge on any atom is 0.0478 e. The van der Waals surface area contributed by atoms with Crippen molar-refractivity contribution in [2.75, 3.05) is 23.9 Å². The highest BCUT2D eigenvalue weighted by Crippen LogP contribution is 2.35. The Morgan fingerprint density at radius 1 is 0.794 bits per heavy atom. The van der Waals surface area contributed by atoms with E-state index in [0.29, 0.717) is 5.92 Å². The highest BCUT2D eigenvalue weighted by atomic mass is 15.1.